The molecule has 1 fully saturated rings. The van der Waals surface area contributed by atoms with Crippen molar-refractivity contribution in [2.24, 2.45) is 11.8 Å². The summed E-state index contributed by atoms with van der Waals surface area (Å²) in [4.78, 5) is 0. The molecule has 0 aromatic heterocycles. The number of nitrogens with two attached hydrogens (primary N) is 1. The van der Waals surface area contributed by atoms with Crippen LogP contribution in [-0.2, 0) is 6.18 Å². The summed E-state index contributed by atoms with van der Waals surface area (Å²) >= 11 is 0. The van der Waals surface area contributed by atoms with E-state index in [1.807, 2.05) is 0 Å². The molecule has 1 aromatic rings. The van der Waals surface area contributed by atoms with Crippen molar-refractivity contribution in [3.8, 4) is 0 Å². The number of benzene rings is 1. The lowest BCUT2D eigenvalue weighted by Crippen LogP contribution is -2.32. The van der Waals surface area contributed by atoms with E-state index in [0.29, 0.717) is 12.3 Å². The Bertz CT molecular complexity index is 441. The fourth-order valence-corrected chi connectivity index (χ4v) is 2.43. The van der Waals surface area contributed by atoms with Gasteiger partial charge in [0.05, 0.1) is 5.56 Å². The second-order valence-electron chi connectivity index (χ2n) is 4.98. The van der Waals surface area contributed by atoms with Crippen molar-refractivity contribution in [1.29, 1.82) is 0 Å². The molecule has 0 spiro atoms. The van der Waals surface area contributed by atoms with Crippen LogP contribution in [0.4, 0.5) is 17.6 Å². The number of rotatable bonds is 4. The van der Waals surface area contributed by atoms with Gasteiger partial charge in [-0.05, 0) is 36.1 Å². The van der Waals surface area contributed by atoms with Crippen molar-refractivity contribution >= 4 is 0 Å². The summed E-state index contributed by atoms with van der Waals surface area (Å²) < 4.78 is 52.0. The van der Waals surface area contributed by atoms with Crippen LogP contribution < -0.4 is 11.3 Å². The van der Waals surface area contributed by atoms with Crippen LogP contribution in [0.15, 0.2) is 18.2 Å². The zero-order chi connectivity index (χ0) is 14.0. The highest BCUT2D eigenvalue weighted by Crippen LogP contribution is 2.39. The van der Waals surface area contributed by atoms with Crippen molar-refractivity contribution in [2.45, 2.75) is 37.9 Å². The Morgan fingerprint density at radius 2 is 2.00 bits per heavy atom. The summed E-state index contributed by atoms with van der Waals surface area (Å²) in [5.41, 5.74) is 1.46. The fourth-order valence-electron chi connectivity index (χ4n) is 2.43. The van der Waals surface area contributed by atoms with Gasteiger partial charge in [-0.2, -0.15) is 13.2 Å². The molecule has 0 amide bonds. The second-order valence-corrected chi connectivity index (χ2v) is 4.98. The van der Waals surface area contributed by atoms with Crippen LogP contribution in [0.2, 0.25) is 0 Å². The maximum absolute atomic E-state index is 13.2. The van der Waals surface area contributed by atoms with Gasteiger partial charge < -0.3 is 0 Å². The van der Waals surface area contributed by atoms with Crippen LogP contribution >= 0.6 is 0 Å². The minimum Gasteiger partial charge on any atom is -0.271 e. The number of halogens is 4. The monoisotopic (exact) mass is 276 g/mol. The molecule has 1 aliphatic carbocycles. The molecule has 19 heavy (non-hydrogen) atoms. The van der Waals surface area contributed by atoms with E-state index in [-0.39, 0.29) is 5.56 Å². The first-order valence-corrected chi connectivity index (χ1v) is 6.24. The Morgan fingerprint density at radius 3 is 2.47 bits per heavy atom. The van der Waals surface area contributed by atoms with Gasteiger partial charge in [0, 0.05) is 6.04 Å². The third kappa shape index (κ3) is 3.25. The van der Waals surface area contributed by atoms with Gasteiger partial charge in [0.1, 0.15) is 5.82 Å². The van der Waals surface area contributed by atoms with Gasteiger partial charge in [0.15, 0.2) is 0 Å². The Labute approximate surface area is 109 Å². The first-order chi connectivity index (χ1) is 8.91. The van der Waals surface area contributed by atoms with Crippen molar-refractivity contribution in [3.05, 3.63) is 35.1 Å². The first kappa shape index (κ1) is 14.3. The van der Waals surface area contributed by atoms with Crippen molar-refractivity contribution in [1.82, 2.24) is 5.43 Å². The van der Waals surface area contributed by atoms with Crippen molar-refractivity contribution in [3.63, 3.8) is 0 Å². The Hall–Kier alpha value is -1.14. The minimum atomic E-state index is -4.50. The van der Waals surface area contributed by atoms with E-state index >= 15 is 0 Å². The predicted octanol–water partition coefficient (Wildman–Crippen LogP) is 3.54. The molecule has 2 nitrogen and oxygen atoms in total. The highest BCUT2D eigenvalue weighted by atomic mass is 19.4. The van der Waals surface area contributed by atoms with Crippen LogP contribution in [0.3, 0.4) is 0 Å². The van der Waals surface area contributed by atoms with Gasteiger partial charge in [-0.3, -0.25) is 11.3 Å². The van der Waals surface area contributed by atoms with Crippen molar-refractivity contribution < 1.29 is 17.6 Å². The quantitative estimate of drug-likeness (QED) is 0.501. The number of alkyl halides is 3. The van der Waals surface area contributed by atoms with E-state index in [1.165, 1.54) is 0 Å². The standard InChI is InChI=1S/C13H16F4N2/c14-9-4-5-11(13(15,16)17)10(7-9)12(19-18)6-8-2-1-3-8/h4-5,7-8,12,19H,1-3,6,18H2. The lowest BCUT2D eigenvalue weighted by Gasteiger charge is -2.30. The van der Waals surface area contributed by atoms with E-state index in [2.05, 4.69) is 5.43 Å². The summed E-state index contributed by atoms with van der Waals surface area (Å²) in [7, 11) is 0. The SMILES string of the molecule is NNC(CC1CCC1)c1cc(F)ccc1C(F)(F)F. The summed E-state index contributed by atoms with van der Waals surface area (Å²) in [6, 6.07) is 1.85. The molecule has 0 radical (unpaired) electrons. The fraction of sp³-hybridized carbons (Fsp3) is 0.538. The molecule has 1 saturated carbocycles. The molecule has 3 N–H and O–H groups in total. The summed E-state index contributed by atoms with van der Waals surface area (Å²) in [6.07, 6.45) is -0.915. The van der Waals surface area contributed by atoms with E-state index in [4.69, 9.17) is 5.84 Å². The molecule has 2 rings (SSSR count). The number of hydrogen-bond donors (Lipinski definition) is 2. The smallest absolute Gasteiger partial charge is 0.271 e. The minimum absolute atomic E-state index is 0.109. The largest absolute Gasteiger partial charge is 0.416 e. The molecule has 0 saturated heterocycles. The van der Waals surface area contributed by atoms with Crippen LogP contribution in [0.1, 0.15) is 42.9 Å². The van der Waals surface area contributed by atoms with Crippen LogP contribution in [0.25, 0.3) is 0 Å². The molecular formula is C13H16F4N2. The molecule has 1 unspecified atom stereocenters. The van der Waals surface area contributed by atoms with Crippen molar-refractivity contribution in [2.75, 3.05) is 0 Å². The molecular weight excluding hydrogens is 260 g/mol. The third-order valence-electron chi connectivity index (χ3n) is 3.69. The van der Waals surface area contributed by atoms with E-state index in [9.17, 15) is 17.6 Å². The lowest BCUT2D eigenvalue weighted by atomic mass is 9.79. The van der Waals surface area contributed by atoms with Gasteiger partial charge in [-0.25, -0.2) is 4.39 Å². The molecule has 1 aliphatic rings. The zero-order valence-electron chi connectivity index (χ0n) is 10.3. The summed E-state index contributed by atoms with van der Waals surface area (Å²) in [5, 5.41) is 0. The predicted molar refractivity (Wildman–Crippen MR) is 63.4 cm³/mol. The maximum atomic E-state index is 13.2. The van der Waals surface area contributed by atoms with Gasteiger partial charge in [-0.15, -0.1) is 0 Å². The summed E-state index contributed by atoms with van der Waals surface area (Å²) in [6.45, 7) is 0. The third-order valence-corrected chi connectivity index (χ3v) is 3.69. The molecule has 1 aromatic carbocycles. The first-order valence-electron chi connectivity index (χ1n) is 6.24. The summed E-state index contributed by atoms with van der Waals surface area (Å²) in [5.74, 6) is 5.04. The van der Waals surface area contributed by atoms with Gasteiger partial charge >= 0.3 is 6.18 Å². The van der Waals surface area contributed by atoms with E-state index in [0.717, 1.165) is 37.5 Å². The molecule has 0 heterocycles. The van der Waals surface area contributed by atoms with Crippen LogP contribution in [0, 0.1) is 11.7 Å². The Balaban J connectivity index is 2.31. The zero-order valence-corrected chi connectivity index (χ0v) is 10.3. The lowest BCUT2D eigenvalue weighted by molar-refractivity contribution is -0.138. The molecule has 0 aliphatic heterocycles. The average molecular weight is 276 g/mol. The highest BCUT2D eigenvalue weighted by Gasteiger charge is 2.36. The van der Waals surface area contributed by atoms with Crippen LogP contribution in [0.5, 0.6) is 0 Å². The molecule has 106 valence electrons. The number of hydrazine groups is 1. The maximum Gasteiger partial charge on any atom is 0.416 e. The second kappa shape index (κ2) is 5.46. The highest BCUT2D eigenvalue weighted by molar-refractivity contribution is 5.33. The van der Waals surface area contributed by atoms with Crippen LogP contribution in [-0.4, -0.2) is 0 Å². The van der Waals surface area contributed by atoms with Gasteiger partial charge in [-0.1, -0.05) is 19.3 Å². The van der Waals surface area contributed by atoms with Gasteiger partial charge in [0.2, 0.25) is 0 Å². The number of nitrogens with one attached hydrogen (secondary N) is 1. The molecule has 0 bridgehead atoms. The normalized spacial score (nSPS) is 18.2. The number of hydrogen-bond acceptors (Lipinski definition) is 2. The Morgan fingerprint density at radius 1 is 1.32 bits per heavy atom. The van der Waals surface area contributed by atoms with E-state index in [1.54, 1.807) is 0 Å². The molecule has 1 atom stereocenters. The Kier molecular flexibility index (Phi) is 4.10. The van der Waals surface area contributed by atoms with E-state index < -0.39 is 23.6 Å². The average Bonchev–Trinajstić information content (AvgIpc) is 2.26. The molecule has 6 heteroatoms. The topological polar surface area (TPSA) is 38.0 Å². The van der Waals surface area contributed by atoms with Gasteiger partial charge in [0.25, 0.3) is 0 Å².